The molecular weight excluding hydrogens is 194 g/mol. The van der Waals surface area contributed by atoms with Gasteiger partial charge in [0.1, 0.15) is 0 Å². The maximum Gasteiger partial charge on any atom is 0.00705 e. The molecule has 1 nitrogen and oxygen atoms in total. The zero-order valence-electron chi connectivity index (χ0n) is 10.2. The van der Waals surface area contributed by atoms with Crippen molar-refractivity contribution in [1.29, 1.82) is 0 Å². The van der Waals surface area contributed by atoms with Gasteiger partial charge in [-0.05, 0) is 43.1 Å². The van der Waals surface area contributed by atoms with Crippen LogP contribution in [0.15, 0.2) is 30.3 Å². The first-order chi connectivity index (χ1) is 7.79. The lowest BCUT2D eigenvalue weighted by molar-refractivity contribution is 0.227. The Morgan fingerprint density at radius 2 is 1.94 bits per heavy atom. The molecule has 0 radical (unpaired) electrons. The van der Waals surface area contributed by atoms with Crippen LogP contribution in [0, 0.1) is 11.8 Å². The molecule has 1 heteroatoms. The van der Waals surface area contributed by atoms with Crippen LogP contribution in [-0.2, 0) is 6.42 Å². The average Bonchev–Trinajstić information content (AvgIpc) is 2.33. The van der Waals surface area contributed by atoms with Gasteiger partial charge in [-0.1, -0.05) is 43.7 Å². The Morgan fingerprint density at radius 1 is 1.19 bits per heavy atom. The quantitative estimate of drug-likeness (QED) is 0.825. The maximum absolute atomic E-state index is 6.24. The number of rotatable bonds is 3. The van der Waals surface area contributed by atoms with Gasteiger partial charge in [0.05, 0.1) is 0 Å². The molecule has 0 unspecified atom stereocenters. The van der Waals surface area contributed by atoms with E-state index < -0.39 is 0 Å². The largest absolute Gasteiger partial charge is 0.327 e. The Kier molecular flexibility index (Phi) is 4.00. The van der Waals surface area contributed by atoms with Gasteiger partial charge in [0.25, 0.3) is 0 Å². The first-order valence-corrected chi connectivity index (χ1v) is 6.59. The first kappa shape index (κ1) is 11.7. The van der Waals surface area contributed by atoms with Crippen LogP contribution in [-0.4, -0.2) is 6.04 Å². The van der Waals surface area contributed by atoms with Crippen LogP contribution in [0.5, 0.6) is 0 Å². The Morgan fingerprint density at radius 3 is 2.62 bits per heavy atom. The molecule has 0 aliphatic heterocycles. The minimum atomic E-state index is 0.419. The molecule has 2 N–H and O–H groups in total. The second-order valence-electron chi connectivity index (χ2n) is 5.20. The van der Waals surface area contributed by atoms with Crippen LogP contribution in [0.2, 0.25) is 0 Å². The second-order valence-corrected chi connectivity index (χ2v) is 5.20. The van der Waals surface area contributed by atoms with E-state index in [1.807, 2.05) is 0 Å². The highest BCUT2D eigenvalue weighted by Crippen LogP contribution is 2.32. The molecule has 0 saturated heterocycles. The predicted octanol–water partition coefficient (Wildman–Crippen LogP) is 3.38. The van der Waals surface area contributed by atoms with Crippen molar-refractivity contribution in [2.24, 2.45) is 17.6 Å². The van der Waals surface area contributed by atoms with Gasteiger partial charge in [-0.15, -0.1) is 0 Å². The van der Waals surface area contributed by atoms with Crippen molar-refractivity contribution in [2.75, 3.05) is 0 Å². The fourth-order valence-electron chi connectivity index (χ4n) is 2.91. The molecule has 0 heterocycles. The molecule has 0 aromatic heterocycles. The highest BCUT2D eigenvalue weighted by Gasteiger charge is 2.27. The Bertz CT molecular complexity index is 306. The predicted molar refractivity (Wildman–Crippen MR) is 69.2 cm³/mol. The van der Waals surface area contributed by atoms with Crippen molar-refractivity contribution in [1.82, 2.24) is 0 Å². The fourth-order valence-corrected chi connectivity index (χ4v) is 2.91. The van der Waals surface area contributed by atoms with E-state index in [4.69, 9.17) is 5.73 Å². The van der Waals surface area contributed by atoms with E-state index in [1.165, 1.54) is 37.7 Å². The van der Waals surface area contributed by atoms with Crippen LogP contribution in [0.3, 0.4) is 0 Å². The Hall–Kier alpha value is -0.820. The summed E-state index contributed by atoms with van der Waals surface area (Å²) in [7, 11) is 0. The molecule has 1 aliphatic carbocycles. The summed E-state index contributed by atoms with van der Waals surface area (Å²) in [6, 6.07) is 11.2. The van der Waals surface area contributed by atoms with Gasteiger partial charge in [0, 0.05) is 6.04 Å². The van der Waals surface area contributed by atoms with Crippen LogP contribution in [0.1, 0.15) is 38.2 Å². The minimum Gasteiger partial charge on any atom is -0.327 e. The third-order valence-corrected chi connectivity index (χ3v) is 4.07. The van der Waals surface area contributed by atoms with E-state index >= 15 is 0 Å². The first-order valence-electron chi connectivity index (χ1n) is 6.59. The van der Waals surface area contributed by atoms with Gasteiger partial charge < -0.3 is 5.73 Å². The minimum absolute atomic E-state index is 0.419. The van der Waals surface area contributed by atoms with Crippen molar-refractivity contribution >= 4 is 0 Å². The number of benzene rings is 1. The summed E-state index contributed by atoms with van der Waals surface area (Å²) in [4.78, 5) is 0. The van der Waals surface area contributed by atoms with Gasteiger partial charge in [0.2, 0.25) is 0 Å². The summed E-state index contributed by atoms with van der Waals surface area (Å²) in [5.41, 5.74) is 7.69. The average molecular weight is 217 g/mol. The molecule has 0 amide bonds. The Balaban J connectivity index is 1.97. The lowest BCUT2D eigenvalue weighted by atomic mass is 9.75. The summed E-state index contributed by atoms with van der Waals surface area (Å²) >= 11 is 0. The molecule has 1 aromatic rings. The molecule has 2 rings (SSSR count). The van der Waals surface area contributed by atoms with E-state index in [2.05, 4.69) is 37.3 Å². The van der Waals surface area contributed by atoms with E-state index in [0.29, 0.717) is 12.0 Å². The second kappa shape index (κ2) is 5.49. The van der Waals surface area contributed by atoms with E-state index in [1.54, 1.807) is 0 Å². The van der Waals surface area contributed by atoms with Crippen molar-refractivity contribution in [3.63, 3.8) is 0 Å². The van der Waals surface area contributed by atoms with E-state index in [0.717, 1.165) is 5.92 Å². The molecule has 1 saturated carbocycles. The molecule has 1 aromatic carbocycles. The number of hydrogen-bond acceptors (Lipinski definition) is 1. The summed E-state index contributed by atoms with van der Waals surface area (Å²) in [6.07, 6.45) is 6.36. The van der Waals surface area contributed by atoms with E-state index in [9.17, 15) is 0 Å². The molecule has 3 atom stereocenters. The van der Waals surface area contributed by atoms with Crippen molar-refractivity contribution in [3.8, 4) is 0 Å². The molecule has 16 heavy (non-hydrogen) atoms. The van der Waals surface area contributed by atoms with Crippen molar-refractivity contribution in [3.05, 3.63) is 35.9 Å². The van der Waals surface area contributed by atoms with Crippen molar-refractivity contribution in [2.45, 2.75) is 45.1 Å². The highest BCUT2D eigenvalue weighted by molar-refractivity contribution is 5.15. The van der Waals surface area contributed by atoms with Crippen LogP contribution in [0.4, 0.5) is 0 Å². The summed E-state index contributed by atoms with van der Waals surface area (Å²) in [5.74, 6) is 1.61. The van der Waals surface area contributed by atoms with Gasteiger partial charge >= 0.3 is 0 Å². The standard InChI is InChI=1S/C15H23N/c1-2-12-8-9-15(16)14(10-12)11-13-6-4-3-5-7-13/h3-7,12,14-15H,2,8-11,16H2,1H3/t12-,14+,15-/m1/s1. The van der Waals surface area contributed by atoms with Gasteiger partial charge in [-0.2, -0.15) is 0 Å². The van der Waals surface area contributed by atoms with Crippen LogP contribution in [0.25, 0.3) is 0 Å². The van der Waals surface area contributed by atoms with Gasteiger partial charge in [0.15, 0.2) is 0 Å². The molecule has 88 valence electrons. The van der Waals surface area contributed by atoms with Crippen LogP contribution >= 0.6 is 0 Å². The van der Waals surface area contributed by atoms with Gasteiger partial charge in [-0.3, -0.25) is 0 Å². The highest BCUT2D eigenvalue weighted by atomic mass is 14.7. The van der Waals surface area contributed by atoms with Gasteiger partial charge in [-0.25, -0.2) is 0 Å². The summed E-state index contributed by atoms with van der Waals surface area (Å²) in [5, 5.41) is 0. The topological polar surface area (TPSA) is 26.0 Å². The zero-order valence-corrected chi connectivity index (χ0v) is 10.2. The molecule has 1 fully saturated rings. The summed E-state index contributed by atoms with van der Waals surface area (Å²) < 4.78 is 0. The third-order valence-electron chi connectivity index (χ3n) is 4.07. The van der Waals surface area contributed by atoms with Crippen LogP contribution < -0.4 is 5.73 Å². The molecule has 0 bridgehead atoms. The smallest absolute Gasteiger partial charge is 0.00705 e. The number of hydrogen-bond donors (Lipinski definition) is 1. The molecular formula is C15H23N. The summed E-state index contributed by atoms with van der Waals surface area (Å²) in [6.45, 7) is 2.31. The SMILES string of the molecule is CC[C@@H]1CC[C@@H](N)[C@H](Cc2ccccc2)C1. The molecule has 0 spiro atoms. The normalized spacial score (nSPS) is 30.2. The molecule has 1 aliphatic rings. The number of nitrogens with two attached hydrogens (primary N) is 1. The zero-order chi connectivity index (χ0) is 11.4. The lowest BCUT2D eigenvalue weighted by Crippen LogP contribution is -2.37. The van der Waals surface area contributed by atoms with Crippen molar-refractivity contribution < 1.29 is 0 Å². The maximum atomic E-state index is 6.24. The fraction of sp³-hybridized carbons (Fsp3) is 0.600. The third kappa shape index (κ3) is 2.85. The monoisotopic (exact) mass is 217 g/mol. The van der Waals surface area contributed by atoms with E-state index in [-0.39, 0.29) is 0 Å². The lowest BCUT2D eigenvalue weighted by Gasteiger charge is -2.33. The Labute approximate surface area is 99.0 Å².